The third-order valence-electron chi connectivity index (χ3n) is 4.31. The summed E-state index contributed by atoms with van der Waals surface area (Å²) in [5.74, 6) is 1.92. The molecule has 1 aromatic rings. The fraction of sp³-hybridized carbons (Fsp3) is 0.600. The summed E-state index contributed by atoms with van der Waals surface area (Å²) in [7, 11) is 1.76. The van der Waals surface area contributed by atoms with E-state index < -0.39 is 0 Å². The summed E-state index contributed by atoms with van der Waals surface area (Å²) >= 11 is 0. The molecule has 0 aromatic heterocycles. The molecule has 0 bridgehead atoms. The Bertz CT molecular complexity index is 611. The number of hydrogen-bond donors (Lipinski definition) is 2. The fourth-order valence-electron chi connectivity index (χ4n) is 2.98. The molecular weight excluding hydrogens is 328 g/mol. The fourth-order valence-corrected chi connectivity index (χ4v) is 2.98. The molecule has 1 heterocycles. The Morgan fingerprint density at radius 3 is 2.54 bits per heavy atom. The standard InChI is InChI=1S/C20H32N4O2/c1-14(2)19(25)24-11-10-17(13-24)23-20(21-5)22-12-16-6-8-18(9-7-16)26-15(3)4/h6-9,14-15,17H,10-13H2,1-5H3,(H2,21,22,23). The van der Waals surface area contributed by atoms with Crippen molar-refractivity contribution in [2.75, 3.05) is 20.1 Å². The first kappa shape index (κ1) is 20.1. The number of rotatable bonds is 6. The normalized spacial score (nSPS) is 17.7. The van der Waals surface area contributed by atoms with Gasteiger partial charge in [0.1, 0.15) is 5.75 Å². The molecule has 0 radical (unpaired) electrons. The second kappa shape index (κ2) is 9.46. The Labute approximate surface area is 157 Å². The molecule has 6 heteroatoms. The van der Waals surface area contributed by atoms with Crippen LogP contribution in [0.2, 0.25) is 0 Å². The lowest BCUT2D eigenvalue weighted by atomic mass is 10.2. The van der Waals surface area contributed by atoms with E-state index in [-0.39, 0.29) is 24.0 Å². The first-order valence-electron chi connectivity index (χ1n) is 9.40. The van der Waals surface area contributed by atoms with Crippen LogP contribution in [0.25, 0.3) is 0 Å². The van der Waals surface area contributed by atoms with Gasteiger partial charge in [-0.05, 0) is 38.0 Å². The minimum absolute atomic E-state index is 0.0498. The van der Waals surface area contributed by atoms with Crippen LogP contribution in [0.4, 0.5) is 0 Å². The summed E-state index contributed by atoms with van der Waals surface area (Å²) in [4.78, 5) is 18.3. The molecule has 1 aliphatic rings. The average Bonchev–Trinajstić information content (AvgIpc) is 3.07. The van der Waals surface area contributed by atoms with Gasteiger partial charge in [0.2, 0.25) is 5.91 Å². The summed E-state index contributed by atoms with van der Waals surface area (Å²) in [6.07, 6.45) is 1.12. The molecule has 1 fully saturated rings. The number of amides is 1. The minimum Gasteiger partial charge on any atom is -0.491 e. The Morgan fingerprint density at radius 2 is 1.96 bits per heavy atom. The Balaban J connectivity index is 1.80. The lowest BCUT2D eigenvalue weighted by molar-refractivity contribution is -0.133. The van der Waals surface area contributed by atoms with Gasteiger partial charge in [-0.2, -0.15) is 0 Å². The van der Waals surface area contributed by atoms with E-state index in [2.05, 4.69) is 27.8 Å². The van der Waals surface area contributed by atoms with Crippen LogP contribution in [0.1, 0.15) is 39.7 Å². The van der Waals surface area contributed by atoms with Crippen molar-refractivity contribution in [1.82, 2.24) is 15.5 Å². The van der Waals surface area contributed by atoms with Crippen molar-refractivity contribution in [3.63, 3.8) is 0 Å². The Hall–Kier alpha value is -2.24. The maximum absolute atomic E-state index is 12.1. The molecule has 1 aromatic carbocycles. The minimum atomic E-state index is 0.0498. The molecule has 2 N–H and O–H groups in total. The quantitative estimate of drug-likeness (QED) is 0.604. The van der Waals surface area contributed by atoms with E-state index in [1.165, 1.54) is 0 Å². The van der Waals surface area contributed by atoms with E-state index in [0.717, 1.165) is 36.8 Å². The summed E-state index contributed by atoms with van der Waals surface area (Å²) < 4.78 is 5.66. The molecule has 1 atom stereocenters. The highest BCUT2D eigenvalue weighted by molar-refractivity contribution is 5.81. The Kier molecular flexibility index (Phi) is 7.30. The van der Waals surface area contributed by atoms with Crippen LogP contribution in [0.3, 0.4) is 0 Å². The van der Waals surface area contributed by atoms with E-state index in [4.69, 9.17) is 4.74 Å². The van der Waals surface area contributed by atoms with Crippen molar-refractivity contribution in [3.8, 4) is 5.75 Å². The molecule has 26 heavy (non-hydrogen) atoms. The molecule has 0 spiro atoms. The van der Waals surface area contributed by atoms with E-state index >= 15 is 0 Å². The van der Waals surface area contributed by atoms with Gasteiger partial charge in [0, 0.05) is 38.6 Å². The molecule has 1 amide bonds. The van der Waals surface area contributed by atoms with Crippen LogP contribution in [0.15, 0.2) is 29.3 Å². The first-order valence-corrected chi connectivity index (χ1v) is 9.40. The van der Waals surface area contributed by atoms with Crippen LogP contribution in [-0.2, 0) is 11.3 Å². The molecule has 1 aliphatic heterocycles. The predicted octanol–water partition coefficient (Wildman–Crippen LogP) is 2.40. The summed E-state index contributed by atoms with van der Waals surface area (Å²) in [6.45, 7) is 10.2. The summed E-state index contributed by atoms with van der Waals surface area (Å²) in [5, 5.41) is 6.75. The van der Waals surface area contributed by atoms with Gasteiger partial charge in [-0.1, -0.05) is 26.0 Å². The van der Waals surface area contributed by atoms with Crippen LogP contribution >= 0.6 is 0 Å². The van der Waals surface area contributed by atoms with Crippen molar-refractivity contribution in [2.24, 2.45) is 10.9 Å². The smallest absolute Gasteiger partial charge is 0.225 e. The van der Waals surface area contributed by atoms with Crippen LogP contribution in [0.5, 0.6) is 5.75 Å². The number of guanidine groups is 1. The van der Waals surface area contributed by atoms with Crippen LogP contribution in [0, 0.1) is 5.92 Å². The monoisotopic (exact) mass is 360 g/mol. The SMILES string of the molecule is CN=C(NCc1ccc(OC(C)C)cc1)NC1CCN(C(=O)C(C)C)C1. The van der Waals surface area contributed by atoms with Crippen molar-refractivity contribution in [3.05, 3.63) is 29.8 Å². The molecular formula is C20H32N4O2. The van der Waals surface area contributed by atoms with Crippen molar-refractivity contribution < 1.29 is 9.53 Å². The van der Waals surface area contributed by atoms with Crippen molar-refractivity contribution in [2.45, 2.75) is 52.8 Å². The number of benzene rings is 1. The van der Waals surface area contributed by atoms with Crippen LogP contribution < -0.4 is 15.4 Å². The second-order valence-electron chi connectivity index (χ2n) is 7.31. The van der Waals surface area contributed by atoms with Gasteiger partial charge >= 0.3 is 0 Å². The van der Waals surface area contributed by atoms with E-state index in [0.29, 0.717) is 6.54 Å². The van der Waals surface area contributed by atoms with Crippen LogP contribution in [-0.4, -0.2) is 49.0 Å². The molecule has 6 nitrogen and oxygen atoms in total. The third-order valence-corrected chi connectivity index (χ3v) is 4.31. The van der Waals surface area contributed by atoms with Gasteiger partial charge in [-0.15, -0.1) is 0 Å². The number of nitrogens with one attached hydrogen (secondary N) is 2. The van der Waals surface area contributed by atoms with E-state index in [1.807, 2.05) is 44.7 Å². The molecule has 144 valence electrons. The number of hydrogen-bond acceptors (Lipinski definition) is 3. The highest BCUT2D eigenvalue weighted by Gasteiger charge is 2.27. The maximum Gasteiger partial charge on any atom is 0.225 e. The molecule has 0 aliphatic carbocycles. The van der Waals surface area contributed by atoms with Crippen molar-refractivity contribution >= 4 is 11.9 Å². The van der Waals surface area contributed by atoms with Gasteiger partial charge in [0.15, 0.2) is 5.96 Å². The second-order valence-corrected chi connectivity index (χ2v) is 7.31. The number of likely N-dealkylation sites (tertiary alicyclic amines) is 1. The number of ether oxygens (including phenoxy) is 1. The first-order chi connectivity index (χ1) is 12.4. The zero-order valence-electron chi connectivity index (χ0n) is 16.6. The van der Waals surface area contributed by atoms with Gasteiger partial charge in [0.25, 0.3) is 0 Å². The molecule has 1 saturated heterocycles. The molecule has 1 unspecified atom stereocenters. The van der Waals surface area contributed by atoms with Gasteiger partial charge < -0.3 is 20.3 Å². The highest BCUT2D eigenvalue weighted by atomic mass is 16.5. The lowest BCUT2D eigenvalue weighted by Crippen LogP contribution is -2.45. The maximum atomic E-state index is 12.1. The number of carbonyl (C=O) groups excluding carboxylic acids is 1. The lowest BCUT2D eigenvalue weighted by Gasteiger charge is -2.20. The summed E-state index contributed by atoms with van der Waals surface area (Å²) in [6, 6.07) is 8.32. The predicted molar refractivity (Wildman–Crippen MR) is 105 cm³/mol. The molecule has 2 rings (SSSR count). The third kappa shape index (κ3) is 5.93. The van der Waals surface area contributed by atoms with E-state index in [1.54, 1.807) is 7.05 Å². The van der Waals surface area contributed by atoms with Gasteiger partial charge in [-0.3, -0.25) is 9.79 Å². The number of aliphatic imine (C=N–C) groups is 1. The highest BCUT2D eigenvalue weighted by Crippen LogP contribution is 2.14. The Morgan fingerprint density at radius 1 is 1.27 bits per heavy atom. The number of carbonyl (C=O) groups is 1. The van der Waals surface area contributed by atoms with Gasteiger partial charge in [0.05, 0.1) is 6.10 Å². The topological polar surface area (TPSA) is 66.0 Å². The summed E-state index contributed by atoms with van der Waals surface area (Å²) in [5.41, 5.74) is 1.16. The largest absolute Gasteiger partial charge is 0.491 e. The zero-order chi connectivity index (χ0) is 19.1. The number of nitrogens with zero attached hydrogens (tertiary/aromatic N) is 2. The van der Waals surface area contributed by atoms with Crippen molar-refractivity contribution in [1.29, 1.82) is 0 Å². The van der Waals surface area contributed by atoms with Gasteiger partial charge in [-0.25, -0.2) is 0 Å². The van der Waals surface area contributed by atoms with E-state index in [9.17, 15) is 4.79 Å². The molecule has 0 saturated carbocycles. The average molecular weight is 361 g/mol. The zero-order valence-corrected chi connectivity index (χ0v) is 16.6.